The van der Waals surface area contributed by atoms with Gasteiger partial charge in [-0.15, -0.1) is 0 Å². The van der Waals surface area contributed by atoms with E-state index in [2.05, 4.69) is 4.72 Å². The third-order valence-corrected chi connectivity index (χ3v) is 5.78. The molecular formula is C18H26N2O6S. The molecule has 0 aromatic heterocycles. The van der Waals surface area contributed by atoms with Gasteiger partial charge < -0.3 is 14.7 Å². The van der Waals surface area contributed by atoms with Gasteiger partial charge in [-0.3, -0.25) is 4.79 Å². The maximum Gasteiger partial charge on any atom is 0.334 e. The number of carboxylic acid groups (broad SMARTS) is 1. The maximum absolute atomic E-state index is 12.9. The molecule has 1 aromatic rings. The van der Waals surface area contributed by atoms with E-state index in [9.17, 15) is 18.0 Å². The van der Waals surface area contributed by atoms with Gasteiger partial charge in [-0.1, -0.05) is 31.5 Å². The Balaban J connectivity index is 2.20. The van der Waals surface area contributed by atoms with Crippen molar-refractivity contribution in [3.8, 4) is 0 Å². The van der Waals surface area contributed by atoms with E-state index in [1.165, 1.54) is 17.0 Å². The fourth-order valence-electron chi connectivity index (χ4n) is 2.86. The molecule has 1 fully saturated rings. The van der Waals surface area contributed by atoms with Crippen molar-refractivity contribution in [3.63, 3.8) is 0 Å². The molecule has 0 aliphatic carbocycles. The van der Waals surface area contributed by atoms with Crippen LogP contribution < -0.4 is 4.72 Å². The van der Waals surface area contributed by atoms with Gasteiger partial charge >= 0.3 is 5.97 Å². The lowest BCUT2D eigenvalue weighted by atomic mass is 10.0. The van der Waals surface area contributed by atoms with E-state index in [-0.39, 0.29) is 30.5 Å². The summed E-state index contributed by atoms with van der Waals surface area (Å²) in [6, 6.07) is 5.39. The van der Waals surface area contributed by atoms with Crippen molar-refractivity contribution >= 4 is 21.9 Å². The highest BCUT2D eigenvalue weighted by Gasteiger charge is 2.34. The first kappa shape index (κ1) is 21.3. The highest BCUT2D eigenvalue weighted by atomic mass is 32.2. The summed E-state index contributed by atoms with van der Waals surface area (Å²) in [5, 5.41) is 9.10. The molecule has 1 saturated heterocycles. The summed E-state index contributed by atoms with van der Waals surface area (Å²) in [5.74, 6) is -1.52. The molecule has 1 amide bonds. The van der Waals surface area contributed by atoms with Gasteiger partial charge in [0.15, 0.2) is 6.10 Å². The quantitative estimate of drug-likeness (QED) is 0.708. The van der Waals surface area contributed by atoms with E-state index in [0.29, 0.717) is 6.42 Å². The Morgan fingerprint density at radius 3 is 2.48 bits per heavy atom. The number of aliphatic carboxylic acids is 1. The Morgan fingerprint density at radius 1 is 1.30 bits per heavy atom. The number of morpholine rings is 1. The third kappa shape index (κ3) is 5.75. The van der Waals surface area contributed by atoms with Crippen molar-refractivity contribution in [1.29, 1.82) is 0 Å². The molecule has 27 heavy (non-hydrogen) atoms. The first-order valence-corrected chi connectivity index (χ1v) is 10.3. The number of hydrogen-bond acceptors (Lipinski definition) is 5. The molecule has 2 N–H and O–H groups in total. The lowest BCUT2D eigenvalue weighted by Gasteiger charge is -2.34. The first-order chi connectivity index (χ1) is 12.6. The van der Waals surface area contributed by atoms with Crippen LogP contribution in [0.1, 0.15) is 25.8 Å². The van der Waals surface area contributed by atoms with E-state index < -0.39 is 34.0 Å². The van der Waals surface area contributed by atoms with Crippen molar-refractivity contribution in [2.24, 2.45) is 5.92 Å². The minimum absolute atomic E-state index is 0.0657. The van der Waals surface area contributed by atoms with Crippen LogP contribution in [0.2, 0.25) is 0 Å². The minimum Gasteiger partial charge on any atom is -0.479 e. The molecule has 2 atom stereocenters. The second-order valence-electron chi connectivity index (χ2n) is 7.10. The van der Waals surface area contributed by atoms with Crippen LogP contribution in [-0.4, -0.2) is 62.1 Å². The average Bonchev–Trinajstić information content (AvgIpc) is 2.60. The Bertz CT molecular complexity index is 776. The minimum atomic E-state index is -3.88. The normalized spacial score (nSPS) is 19.1. The summed E-state index contributed by atoms with van der Waals surface area (Å²) < 4.78 is 33.0. The fraction of sp³-hybridized carbons (Fsp3) is 0.556. The van der Waals surface area contributed by atoms with Crippen molar-refractivity contribution in [3.05, 3.63) is 29.8 Å². The molecule has 0 bridgehead atoms. The number of carbonyl (C=O) groups excluding carboxylic acids is 1. The zero-order valence-electron chi connectivity index (χ0n) is 15.7. The van der Waals surface area contributed by atoms with Crippen LogP contribution in [0, 0.1) is 12.8 Å². The summed E-state index contributed by atoms with van der Waals surface area (Å²) in [4.78, 5) is 25.5. The number of nitrogens with one attached hydrogen (secondary N) is 1. The van der Waals surface area contributed by atoms with E-state index in [0.717, 1.165) is 5.56 Å². The first-order valence-electron chi connectivity index (χ1n) is 8.82. The van der Waals surface area contributed by atoms with Crippen LogP contribution in [0.3, 0.4) is 0 Å². The number of benzene rings is 1. The summed E-state index contributed by atoms with van der Waals surface area (Å²) in [6.45, 7) is 5.85. The topological polar surface area (TPSA) is 113 Å². The van der Waals surface area contributed by atoms with Gasteiger partial charge in [0, 0.05) is 6.54 Å². The molecule has 1 aromatic carbocycles. The zero-order chi connectivity index (χ0) is 20.2. The number of carboxylic acids is 1. The molecule has 0 radical (unpaired) electrons. The third-order valence-electron chi connectivity index (χ3n) is 4.29. The van der Waals surface area contributed by atoms with E-state index >= 15 is 0 Å². The number of aryl methyl sites for hydroxylation is 1. The van der Waals surface area contributed by atoms with E-state index in [1.54, 1.807) is 12.1 Å². The molecule has 0 saturated carbocycles. The van der Waals surface area contributed by atoms with Crippen molar-refractivity contribution in [2.75, 3.05) is 19.7 Å². The fourth-order valence-corrected chi connectivity index (χ4v) is 4.06. The molecule has 9 heteroatoms. The molecule has 2 unspecified atom stereocenters. The van der Waals surface area contributed by atoms with Gasteiger partial charge in [-0.25, -0.2) is 13.2 Å². The van der Waals surface area contributed by atoms with Crippen molar-refractivity contribution in [2.45, 2.75) is 44.2 Å². The number of nitrogens with zero attached hydrogens (tertiary/aromatic N) is 1. The lowest BCUT2D eigenvalue weighted by Crippen LogP contribution is -2.55. The highest BCUT2D eigenvalue weighted by molar-refractivity contribution is 7.89. The Morgan fingerprint density at radius 2 is 1.93 bits per heavy atom. The molecule has 0 spiro atoms. The van der Waals surface area contributed by atoms with Gasteiger partial charge in [0.1, 0.15) is 6.04 Å². The van der Waals surface area contributed by atoms with Crippen LogP contribution >= 0.6 is 0 Å². The Kier molecular flexibility index (Phi) is 6.96. The number of rotatable bonds is 7. The van der Waals surface area contributed by atoms with Crippen molar-refractivity contribution < 1.29 is 27.9 Å². The molecular weight excluding hydrogens is 372 g/mol. The Hall–Kier alpha value is -1.97. The molecule has 1 aliphatic rings. The smallest absolute Gasteiger partial charge is 0.334 e. The van der Waals surface area contributed by atoms with Gasteiger partial charge in [0.2, 0.25) is 15.9 Å². The number of ether oxygens (including phenoxy) is 1. The number of amides is 1. The summed E-state index contributed by atoms with van der Waals surface area (Å²) in [7, 11) is -3.88. The summed E-state index contributed by atoms with van der Waals surface area (Å²) in [5.41, 5.74) is 0.928. The van der Waals surface area contributed by atoms with Gasteiger partial charge in [-0.05, 0) is 31.4 Å². The van der Waals surface area contributed by atoms with E-state index in [1.807, 2.05) is 20.8 Å². The largest absolute Gasteiger partial charge is 0.479 e. The predicted molar refractivity (Wildman–Crippen MR) is 98.7 cm³/mol. The van der Waals surface area contributed by atoms with Gasteiger partial charge in [0.25, 0.3) is 0 Å². The van der Waals surface area contributed by atoms with Gasteiger partial charge in [0.05, 0.1) is 18.0 Å². The second-order valence-corrected chi connectivity index (χ2v) is 8.81. The van der Waals surface area contributed by atoms with Crippen LogP contribution in [0.5, 0.6) is 0 Å². The SMILES string of the molecule is Cc1ccc(S(=O)(=O)NC(CC(C)C)C(=O)N2CCOC(C(=O)O)C2)cc1. The van der Waals surface area contributed by atoms with Gasteiger partial charge in [-0.2, -0.15) is 4.72 Å². The standard InChI is InChI=1S/C18H26N2O6S/c1-12(2)10-15(17(21)20-8-9-26-16(11-20)18(22)23)19-27(24,25)14-6-4-13(3)5-7-14/h4-7,12,15-16,19H,8-11H2,1-3H3,(H,22,23). The predicted octanol–water partition coefficient (Wildman–Crippen LogP) is 1.00. The molecule has 1 aliphatic heterocycles. The number of hydrogen-bond donors (Lipinski definition) is 2. The van der Waals surface area contributed by atoms with E-state index in [4.69, 9.17) is 9.84 Å². The number of carbonyl (C=O) groups is 2. The van der Waals surface area contributed by atoms with Crippen LogP contribution in [-0.2, 0) is 24.3 Å². The Labute approximate surface area is 159 Å². The van der Waals surface area contributed by atoms with Crippen LogP contribution in [0.15, 0.2) is 29.2 Å². The molecule has 150 valence electrons. The highest BCUT2D eigenvalue weighted by Crippen LogP contribution is 2.16. The van der Waals surface area contributed by atoms with Crippen LogP contribution in [0.4, 0.5) is 0 Å². The number of sulfonamides is 1. The lowest BCUT2D eigenvalue weighted by molar-refractivity contribution is -0.160. The van der Waals surface area contributed by atoms with Crippen LogP contribution in [0.25, 0.3) is 0 Å². The zero-order valence-corrected chi connectivity index (χ0v) is 16.5. The van der Waals surface area contributed by atoms with Crippen molar-refractivity contribution in [1.82, 2.24) is 9.62 Å². The average molecular weight is 398 g/mol. The maximum atomic E-state index is 12.9. The molecule has 1 heterocycles. The molecule has 8 nitrogen and oxygen atoms in total. The molecule has 2 rings (SSSR count). The summed E-state index contributed by atoms with van der Waals surface area (Å²) >= 11 is 0. The summed E-state index contributed by atoms with van der Waals surface area (Å²) in [6.07, 6.45) is -0.796. The second kappa shape index (κ2) is 8.81. The monoisotopic (exact) mass is 398 g/mol.